The maximum absolute atomic E-state index is 12.1. The predicted octanol–water partition coefficient (Wildman–Crippen LogP) is 0.861. The van der Waals surface area contributed by atoms with Gasteiger partial charge in [0.25, 0.3) is 5.91 Å². The summed E-state index contributed by atoms with van der Waals surface area (Å²) in [5.74, 6) is 0.684. The van der Waals surface area contributed by atoms with Crippen molar-refractivity contribution in [3.05, 3.63) is 29.8 Å². The van der Waals surface area contributed by atoms with Crippen LogP contribution in [-0.4, -0.2) is 38.8 Å². The van der Waals surface area contributed by atoms with Gasteiger partial charge in [0.05, 0.1) is 19.8 Å². The lowest BCUT2D eigenvalue weighted by Crippen LogP contribution is -2.48. The zero-order valence-electron chi connectivity index (χ0n) is 11.3. The van der Waals surface area contributed by atoms with Gasteiger partial charge in [0, 0.05) is 18.7 Å². The monoisotopic (exact) mass is 264 g/mol. The highest BCUT2D eigenvalue weighted by molar-refractivity contribution is 5.81. The Bertz CT molecular complexity index is 430. The quantitative estimate of drug-likeness (QED) is 0.847. The number of carbonyl (C=O) groups is 1. The van der Waals surface area contributed by atoms with E-state index in [0.29, 0.717) is 13.2 Å². The van der Waals surface area contributed by atoms with Crippen LogP contribution in [0.25, 0.3) is 0 Å². The van der Waals surface area contributed by atoms with Crippen LogP contribution < -0.4 is 15.4 Å². The summed E-state index contributed by atoms with van der Waals surface area (Å²) in [7, 11) is 1.63. The molecule has 5 nitrogen and oxygen atoms in total. The molecule has 1 fully saturated rings. The molecule has 1 unspecified atom stereocenters. The Morgan fingerprint density at radius 2 is 2.32 bits per heavy atom. The third-order valence-electron chi connectivity index (χ3n) is 3.18. The Kier molecular flexibility index (Phi) is 4.76. The van der Waals surface area contributed by atoms with Gasteiger partial charge in [-0.05, 0) is 13.0 Å². The van der Waals surface area contributed by atoms with Crippen LogP contribution in [0.1, 0.15) is 18.5 Å². The zero-order chi connectivity index (χ0) is 13.7. The largest absolute Gasteiger partial charge is 0.496 e. The van der Waals surface area contributed by atoms with E-state index in [1.807, 2.05) is 31.2 Å². The molecule has 0 bridgehead atoms. The van der Waals surface area contributed by atoms with Crippen molar-refractivity contribution in [1.29, 1.82) is 0 Å². The van der Waals surface area contributed by atoms with Crippen LogP contribution >= 0.6 is 0 Å². The molecule has 0 spiro atoms. The van der Waals surface area contributed by atoms with Gasteiger partial charge < -0.3 is 20.1 Å². The molecule has 1 aromatic carbocycles. The van der Waals surface area contributed by atoms with Crippen molar-refractivity contribution < 1.29 is 14.3 Å². The average Bonchev–Trinajstić information content (AvgIpc) is 2.48. The SMILES string of the molecule is COc1ccccc1[C@@H](C)NC(=O)C1CNCCO1. The molecule has 1 aromatic rings. The molecule has 104 valence electrons. The summed E-state index contributed by atoms with van der Waals surface area (Å²) in [6.07, 6.45) is -0.411. The molecule has 5 heteroatoms. The first-order chi connectivity index (χ1) is 9.22. The van der Waals surface area contributed by atoms with Gasteiger partial charge in [-0.25, -0.2) is 0 Å². The number of amides is 1. The minimum absolute atomic E-state index is 0.0920. The normalized spacial score (nSPS) is 20.6. The van der Waals surface area contributed by atoms with Crippen LogP contribution in [0.15, 0.2) is 24.3 Å². The van der Waals surface area contributed by atoms with Crippen molar-refractivity contribution in [2.45, 2.75) is 19.1 Å². The van der Waals surface area contributed by atoms with Gasteiger partial charge in [0.1, 0.15) is 11.9 Å². The van der Waals surface area contributed by atoms with Crippen molar-refractivity contribution in [2.75, 3.05) is 26.8 Å². The fourth-order valence-electron chi connectivity index (χ4n) is 2.14. The first-order valence-corrected chi connectivity index (χ1v) is 6.48. The molecule has 1 saturated heterocycles. The molecule has 1 heterocycles. The lowest BCUT2D eigenvalue weighted by molar-refractivity contribution is -0.134. The number of nitrogens with one attached hydrogen (secondary N) is 2. The van der Waals surface area contributed by atoms with Crippen LogP contribution in [0.5, 0.6) is 5.75 Å². The summed E-state index contributed by atoms with van der Waals surface area (Å²) < 4.78 is 10.7. The second kappa shape index (κ2) is 6.54. The van der Waals surface area contributed by atoms with Crippen molar-refractivity contribution >= 4 is 5.91 Å². The van der Waals surface area contributed by atoms with Gasteiger partial charge >= 0.3 is 0 Å². The molecule has 2 N–H and O–H groups in total. The molecule has 2 rings (SSSR count). The fraction of sp³-hybridized carbons (Fsp3) is 0.500. The summed E-state index contributed by atoms with van der Waals surface area (Å²) in [6.45, 7) is 3.86. The highest BCUT2D eigenvalue weighted by Crippen LogP contribution is 2.24. The van der Waals surface area contributed by atoms with Crippen molar-refractivity contribution in [1.82, 2.24) is 10.6 Å². The predicted molar refractivity (Wildman–Crippen MR) is 72.2 cm³/mol. The second-order valence-corrected chi connectivity index (χ2v) is 4.54. The third-order valence-corrected chi connectivity index (χ3v) is 3.18. The van der Waals surface area contributed by atoms with Crippen molar-refractivity contribution in [3.63, 3.8) is 0 Å². The van der Waals surface area contributed by atoms with E-state index < -0.39 is 6.10 Å². The maximum Gasteiger partial charge on any atom is 0.250 e. The van der Waals surface area contributed by atoms with Crippen molar-refractivity contribution in [2.24, 2.45) is 0 Å². The molecule has 2 atom stereocenters. The van der Waals surface area contributed by atoms with E-state index in [1.54, 1.807) is 7.11 Å². The van der Waals surface area contributed by atoms with E-state index in [-0.39, 0.29) is 11.9 Å². The molecule has 1 aliphatic rings. The Morgan fingerprint density at radius 3 is 3.00 bits per heavy atom. The summed E-state index contributed by atoms with van der Waals surface area (Å²) >= 11 is 0. The van der Waals surface area contributed by atoms with Crippen LogP contribution in [-0.2, 0) is 9.53 Å². The Balaban J connectivity index is 1.99. The average molecular weight is 264 g/mol. The number of rotatable bonds is 4. The molecule has 0 saturated carbocycles. The van der Waals surface area contributed by atoms with E-state index in [9.17, 15) is 4.79 Å². The highest BCUT2D eigenvalue weighted by atomic mass is 16.5. The van der Waals surface area contributed by atoms with E-state index in [1.165, 1.54) is 0 Å². The highest BCUT2D eigenvalue weighted by Gasteiger charge is 2.23. The lowest BCUT2D eigenvalue weighted by Gasteiger charge is -2.25. The van der Waals surface area contributed by atoms with Gasteiger partial charge in [0.2, 0.25) is 0 Å². The van der Waals surface area contributed by atoms with Gasteiger partial charge in [-0.15, -0.1) is 0 Å². The van der Waals surface area contributed by atoms with Crippen LogP contribution in [0.4, 0.5) is 0 Å². The van der Waals surface area contributed by atoms with E-state index in [2.05, 4.69) is 10.6 Å². The number of benzene rings is 1. The molecular formula is C14H20N2O3. The Labute approximate surface area is 113 Å². The first kappa shape index (κ1) is 13.8. The number of hydrogen-bond donors (Lipinski definition) is 2. The topological polar surface area (TPSA) is 59.6 Å². The number of hydrogen-bond acceptors (Lipinski definition) is 4. The number of para-hydroxylation sites is 1. The molecule has 0 radical (unpaired) electrons. The molecule has 19 heavy (non-hydrogen) atoms. The third kappa shape index (κ3) is 3.45. The Morgan fingerprint density at radius 1 is 1.53 bits per heavy atom. The van der Waals surface area contributed by atoms with Crippen LogP contribution in [0.2, 0.25) is 0 Å². The van der Waals surface area contributed by atoms with Gasteiger partial charge in [-0.2, -0.15) is 0 Å². The molecule has 0 aromatic heterocycles. The van der Waals surface area contributed by atoms with Crippen LogP contribution in [0, 0.1) is 0 Å². The maximum atomic E-state index is 12.1. The number of carbonyl (C=O) groups excluding carboxylic acids is 1. The summed E-state index contributed by atoms with van der Waals surface area (Å²) in [5.41, 5.74) is 0.960. The minimum Gasteiger partial charge on any atom is -0.496 e. The van der Waals surface area contributed by atoms with E-state index in [0.717, 1.165) is 17.9 Å². The Hall–Kier alpha value is -1.59. The van der Waals surface area contributed by atoms with Crippen LogP contribution in [0.3, 0.4) is 0 Å². The van der Waals surface area contributed by atoms with E-state index in [4.69, 9.17) is 9.47 Å². The summed E-state index contributed by atoms with van der Waals surface area (Å²) in [4.78, 5) is 12.1. The smallest absolute Gasteiger partial charge is 0.250 e. The first-order valence-electron chi connectivity index (χ1n) is 6.48. The van der Waals surface area contributed by atoms with Gasteiger partial charge in [-0.1, -0.05) is 18.2 Å². The molecule has 1 aliphatic heterocycles. The molecule has 0 aliphatic carbocycles. The summed E-state index contributed by atoms with van der Waals surface area (Å²) in [5, 5.41) is 6.10. The molecule has 1 amide bonds. The second-order valence-electron chi connectivity index (χ2n) is 4.54. The standard InChI is InChI=1S/C14H20N2O3/c1-10(11-5-3-4-6-12(11)18-2)16-14(17)13-9-15-7-8-19-13/h3-6,10,13,15H,7-9H2,1-2H3,(H,16,17)/t10-,13?/m1/s1. The lowest BCUT2D eigenvalue weighted by atomic mass is 10.1. The number of ether oxygens (including phenoxy) is 2. The fourth-order valence-corrected chi connectivity index (χ4v) is 2.14. The zero-order valence-corrected chi connectivity index (χ0v) is 11.3. The summed E-state index contributed by atoms with van der Waals surface area (Å²) in [6, 6.07) is 7.55. The minimum atomic E-state index is -0.411. The van der Waals surface area contributed by atoms with Crippen molar-refractivity contribution in [3.8, 4) is 5.75 Å². The van der Waals surface area contributed by atoms with Gasteiger partial charge in [0.15, 0.2) is 0 Å². The van der Waals surface area contributed by atoms with E-state index >= 15 is 0 Å². The molecular weight excluding hydrogens is 244 g/mol. The number of morpholine rings is 1. The van der Waals surface area contributed by atoms with Gasteiger partial charge in [-0.3, -0.25) is 4.79 Å². The number of methoxy groups -OCH3 is 1.